The summed E-state index contributed by atoms with van der Waals surface area (Å²) >= 11 is 0. The Kier molecular flexibility index (Phi) is 3.54. The molecule has 0 saturated carbocycles. The second-order valence-corrected chi connectivity index (χ2v) is 2.59. The Bertz CT molecular complexity index is 369. The number of hydrogen-bond donors (Lipinski definition) is 0. The molecule has 15 heavy (non-hydrogen) atoms. The highest BCUT2D eigenvalue weighted by atomic mass is 19.3. The third kappa shape index (κ3) is 2.03. The second-order valence-electron chi connectivity index (χ2n) is 2.59. The maximum atomic E-state index is 12.7. The maximum Gasteiger partial charge on any atom is 0.268 e. The number of alkyl halides is 2. The molecule has 0 spiro atoms. The van der Waals surface area contributed by atoms with E-state index in [9.17, 15) is 13.6 Å². The van der Waals surface area contributed by atoms with E-state index in [1.165, 1.54) is 14.2 Å². The molecule has 0 aliphatic carbocycles. The first kappa shape index (κ1) is 11.4. The normalized spacial score (nSPS) is 10.2. The van der Waals surface area contributed by atoms with Gasteiger partial charge in [0.1, 0.15) is 0 Å². The van der Waals surface area contributed by atoms with Gasteiger partial charge < -0.3 is 9.47 Å². The number of halogens is 2. The molecular formula is C9H9F2NO3. The minimum atomic E-state index is -2.82. The number of nitrogens with zero attached hydrogens (tertiary/aromatic N) is 1. The number of aromatic nitrogens is 1. The van der Waals surface area contributed by atoms with Crippen molar-refractivity contribution in [2.24, 2.45) is 0 Å². The summed E-state index contributed by atoms with van der Waals surface area (Å²) in [5.41, 5.74) is -0.706. The van der Waals surface area contributed by atoms with Crippen molar-refractivity contribution < 1.29 is 23.0 Å². The Labute approximate surface area is 84.8 Å². The summed E-state index contributed by atoms with van der Waals surface area (Å²) in [5.74, 6) is -0.282. The van der Waals surface area contributed by atoms with E-state index in [0.29, 0.717) is 6.29 Å². The van der Waals surface area contributed by atoms with Crippen LogP contribution in [0.15, 0.2) is 6.20 Å². The van der Waals surface area contributed by atoms with Gasteiger partial charge in [0.15, 0.2) is 12.0 Å². The predicted octanol–water partition coefficient (Wildman–Crippen LogP) is 1.85. The maximum absolute atomic E-state index is 12.7. The van der Waals surface area contributed by atoms with Crippen molar-refractivity contribution in [3.8, 4) is 11.6 Å². The molecule has 1 aromatic rings. The van der Waals surface area contributed by atoms with Gasteiger partial charge >= 0.3 is 0 Å². The van der Waals surface area contributed by atoms with Crippen LogP contribution >= 0.6 is 0 Å². The Morgan fingerprint density at radius 3 is 2.47 bits per heavy atom. The van der Waals surface area contributed by atoms with Crippen LogP contribution in [-0.4, -0.2) is 25.5 Å². The summed E-state index contributed by atoms with van der Waals surface area (Å²) in [6.45, 7) is 0. The molecule has 82 valence electrons. The third-order valence-corrected chi connectivity index (χ3v) is 1.81. The Morgan fingerprint density at radius 1 is 1.40 bits per heavy atom. The monoisotopic (exact) mass is 217 g/mol. The van der Waals surface area contributed by atoms with Gasteiger partial charge in [-0.25, -0.2) is 13.8 Å². The molecule has 0 atom stereocenters. The van der Waals surface area contributed by atoms with Crippen LogP contribution in [0, 0.1) is 0 Å². The number of aldehydes is 1. The minimum absolute atomic E-state index is 0.0709. The van der Waals surface area contributed by atoms with Gasteiger partial charge in [-0.15, -0.1) is 0 Å². The van der Waals surface area contributed by atoms with Crippen LogP contribution in [-0.2, 0) is 0 Å². The number of carbonyl (C=O) groups excluding carboxylic acids is 1. The molecule has 0 radical (unpaired) electrons. The highest BCUT2D eigenvalue weighted by Gasteiger charge is 2.23. The molecule has 1 rings (SSSR count). The second kappa shape index (κ2) is 4.68. The van der Waals surface area contributed by atoms with Crippen LogP contribution < -0.4 is 9.47 Å². The molecule has 0 bridgehead atoms. The topological polar surface area (TPSA) is 48.4 Å². The summed E-state index contributed by atoms with van der Waals surface area (Å²) in [4.78, 5) is 14.2. The van der Waals surface area contributed by atoms with Gasteiger partial charge in [0.25, 0.3) is 12.3 Å². The Morgan fingerprint density at radius 2 is 2.07 bits per heavy atom. The van der Waals surface area contributed by atoms with Crippen LogP contribution in [0.3, 0.4) is 0 Å². The molecule has 0 aromatic carbocycles. The predicted molar refractivity (Wildman–Crippen MR) is 47.7 cm³/mol. The SMILES string of the molecule is COc1ncc(C=O)c(C(F)F)c1OC. The summed E-state index contributed by atoms with van der Waals surface area (Å²) in [7, 11) is 2.49. The molecular weight excluding hydrogens is 208 g/mol. The van der Waals surface area contributed by atoms with Crippen LogP contribution in [0.25, 0.3) is 0 Å². The molecule has 0 unspecified atom stereocenters. The molecule has 4 nitrogen and oxygen atoms in total. The average molecular weight is 217 g/mol. The smallest absolute Gasteiger partial charge is 0.268 e. The van der Waals surface area contributed by atoms with Crippen molar-refractivity contribution in [1.82, 2.24) is 4.98 Å². The third-order valence-electron chi connectivity index (χ3n) is 1.81. The van der Waals surface area contributed by atoms with E-state index in [0.717, 1.165) is 6.20 Å². The number of rotatable bonds is 4. The standard InChI is InChI=1S/C9H9F2NO3/c1-14-7-6(8(10)11)5(4-13)3-12-9(7)15-2/h3-4,8H,1-2H3. The molecule has 0 aliphatic rings. The van der Waals surface area contributed by atoms with Crippen LogP contribution in [0.2, 0.25) is 0 Å². The van der Waals surface area contributed by atoms with Crippen molar-refractivity contribution in [3.05, 3.63) is 17.3 Å². The van der Waals surface area contributed by atoms with Gasteiger partial charge in [0.2, 0.25) is 0 Å². The van der Waals surface area contributed by atoms with Gasteiger partial charge in [0, 0.05) is 11.8 Å². The highest BCUT2D eigenvalue weighted by Crippen LogP contribution is 2.36. The van der Waals surface area contributed by atoms with E-state index >= 15 is 0 Å². The van der Waals surface area contributed by atoms with Crippen molar-refractivity contribution >= 4 is 6.29 Å². The van der Waals surface area contributed by atoms with Gasteiger partial charge in [-0.05, 0) is 0 Å². The van der Waals surface area contributed by atoms with Gasteiger partial charge in [-0.1, -0.05) is 0 Å². The largest absolute Gasteiger partial charge is 0.491 e. The van der Waals surface area contributed by atoms with Crippen LogP contribution in [0.4, 0.5) is 8.78 Å². The lowest BCUT2D eigenvalue weighted by Gasteiger charge is -2.12. The number of carbonyl (C=O) groups is 1. The fraction of sp³-hybridized carbons (Fsp3) is 0.333. The molecule has 0 saturated heterocycles. The minimum Gasteiger partial charge on any atom is -0.491 e. The van der Waals surface area contributed by atoms with Gasteiger partial charge in [-0.3, -0.25) is 4.79 Å². The number of ether oxygens (including phenoxy) is 2. The number of pyridine rings is 1. The lowest BCUT2D eigenvalue weighted by molar-refractivity contribution is 0.110. The van der Waals surface area contributed by atoms with Crippen molar-refractivity contribution in [2.45, 2.75) is 6.43 Å². The highest BCUT2D eigenvalue weighted by molar-refractivity contribution is 5.79. The number of hydrogen-bond acceptors (Lipinski definition) is 4. The lowest BCUT2D eigenvalue weighted by atomic mass is 10.1. The summed E-state index contributed by atoms with van der Waals surface area (Å²) in [6.07, 6.45) is -1.50. The van der Waals surface area contributed by atoms with Crippen molar-refractivity contribution in [3.63, 3.8) is 0 Å². The fourth-order valence-corrected chi connectivity index (χ4v) is 1.16. The first-order chi connectivity index (χ1) is 7.15. The van der Waals surface area contributed by atoms with E-state index in [1.807, 2.05) is 0 Å². The van der Waals surface area contributed by atoms with Crippen LogP contribution in [0.1, 0.15) is 22.3 Å². The van der Waals surface area contributed by atoms with E-state index < -0.39 is 12.0 Å². The zero-order valence-corrected chi connectivity index (χ0v) is 8.16. The van der Waals surface area contributed by atoms with Crippen LogP contribution in [0.5, 0.6) is 11.6 Å². The van der Waals surface area contributed by atoms with E-state index in [2.05, 4.69) is 4.98 Å². The van der Waals surface area contributed by atoms with Crippen molar-refractivity contribution in [1.29, 1.82) is 0 Å². The first-order valence-electron chi connectivity index (χ1n) is 3.99. The molecule has 1 heterocycles. The first-order valence-corrected chi connectivity index (χ1v) is 3.99. The summed E-state index contributed by atoms with van der Waals surface area (Å²) in [6, 6.07) is 0. The molecule has 6 heteroatoms. The molecule has 0 fully saturated rings. The van der Waals surface area contributed by atoms with E-state index in [1.54, 1.807) is 0 Å². The Balaban J connectivity index is 3.44. The molecule has 0 amide bonds. The number of methoxy groups -OCH3 is 2. The fourth-order valence-electron chi connectivity index (χ4n) is 1.16. The van der Waals surface area contributed by atoms with Gasteiger partial charge in [-0.2, -0.15) is 0 Å². The summed E-state index contributed by atoms with van der Waals surface area (Å²) < 4.78 is 34.8. The van der Waals surface area contributed by atoms with Crippen molar-refractivity contribution in [2.75, 3.05) is 14.2 Å². The van der Waals surface area contributed by atoms with Gasteiger partial charge in [0.05, 0.1) is 19.8 Å². The van der Waals surface area contributed by atoms with E-state index in [-0.39, 0.29) is 17.2 Å². The van der Waals surface area contributed by atoms with E-state index in [4.69, 9.17) is 9.47 Å². The lowest BCUT2D eigenvalue weighted by Crippen LogP contribution is -2.03. The molecule has 0 N–H and O–H groups in total. The molecule has 1 aromatic heterocycles. The zero-order valence-electron chi connectivity index (χ0n) is 8.16. The summed E-state index contributed by atoms with van der Waals surface area (Å²) in [5, 5.41) is 0. The quantitative estimate of drug-likeness (QED) is 0.722. The Hall–Kier alpha value is -1.72. The zero-order chi connectivity index (χ0) is 11.4. The molecule has 0 aliphatic heterocycles. The average Bonchev–Trinajstić information content (AvgIpc) is 2.26.